The number of nitrogens with zero attached hydrogens (tertiary/aromatic N) is 3. The lowest BCUT2D eigenvalue weighted by Crippen LogP contribution is -1.95. The molecule has 0 spiro atoms. The molecule has 0 aliphatic heterocycles. The number of carbonyl (C=O) groups is 1. The van der Waals surface area contributed by atoms with Gasteiger partial charge in [0.2, 0.25) is 5.89 Å². The van der Waals surface area contributed by atoms with Gasteiger partial charge in [0.1, 0.15) is 12.5 Å². The summed E-state index contributed by atoms with van der Waals surface area (Å²) in [4.78, 5) is 17.8. The van der Waals surface area contributed by atoms with E-state index in [9.17, 15) is 4.79 Å². The van der Waals surface area contributed by atoms with Crippen molar-refractivity contribution < 1.29 is 18.7 Å². The van der Waals surface area contributed by atoms with E-state index in [1.54, 1.807) is 6.07 Å². The van der Waals surface area contributed by atoms with Gasteiger partial charge in [0.25, 0.3) is 0 Å². The van der Waals surface area contributed by atoms with E-state index >= 15 is 0 Å². The minimum atomic E-state index is -1.20. The number of carboxylic acid groups (broad SMARTS) is 1. The zero-order valence-electron chi connectivity index (χ0n) is 7.17. The smallest absolute Gasteiger partial charge is 0.357 e. The van der Waals surface area contributed by atoms with Crippen LogP contribution < -0.4 is 0 Å². The van der Waals surface area contributed by atoms with Crippen LogP contribution in [-0.2, 0) is 0 Å². The average Bonchev–Trinajstić information content (AvgIpc) is 2.86. The van der Waals surface area contributed by atoms with Gasteiger partial charge in [-0.15, -0.1) is 0 Å². The van der Waals surface area contributed by atoms with Crippen LogP contribution in [0.4, 0.5) is 0 Å². The normalized spacial score (nSPS) is 9.80. The van der Waals surface area contributed by atoms with E-state index in [-0.39, 0.29) is 23.2 Å². The topological polar surface area (TPSA) is 113 Å². The second-order valence-electron chi connectivity index (χ2n) is 2.49. The molecule has 2 heterocycles. The maximum absolute atomic E-state index is 10.5. The van der Waals surface area contributed by atoms with Gasteiger partial charge in [-0.25, -0.2) is 9.78 Å². The Kier molecular flexibility index (Phi) is 1.95. The molecule has 0 bridgehead atoms. The van der Waals surface area contributed by atoms with Crippen LogP contribution in [0.15, 0.2) is 21.4 Å². The lowest BCUT2D eigenvalue weighted by atomic mass is 10.5. The zero-order chi connectivity index (χ0) is 10.8. The molecule has 7 heteroatoms. The lowest BCUT2D eigenvalue weighted by molar-refractivity contribution is 0.0690. The fraction of sp³-hybridized carbons (Fsp3) is 0. The standard InChI is InChI=1S/C8H3N3O4/c9-1-6-10-4(2-14-6)7-11-5(3-15-7)8(12)13/h2-3H,(H,12,13). The molecule has 0 aliphatic carbocycles. The van der Waals surface area contributed by atoms with Crippen LogP contribution in [0.5, 0.6) is 0 Å². The molecule has 0 saturated carbocycles. The van der Waals surface area contributed by atoms with Gasteiger partial charge in [0, 0.05) is 0 Å². The van der Waals surface area contributed by atoms with Crippen molar-refractivity contribution in [1.82, 2.24) is 9.97 Å². The molecule has 74 valence electrons. The minimum absolute atomic E-state index is 0.00218. The molecular formula is C8H3N3O4. The Balaban J connectivity index is 2.38. The van der Waals surface area contributed by atoms with Gasteiger partial charge in [-0.2, -0.15) is 10.2 Å². The molecule has 0 saturated heterocycles. The molecule has 0 radical (unpaired) electrons. The Bertz CT molecular complexity index is 548. The highest BCUT2D eigenvalue weighted by atomic mass is 16.4. The Morgan fingerprint density at radius 1 is 1.40 bits per heavy atom. The third-order valence-electron chi connectivity index (χ3n) is 1.54. The summed E-state index contributed by atoms with van der Waals surface area (Å²) in [5.41, 5.74) is -0.0504. The van der Waals surface area contributed by atoms with Gasteiger partial charge in [0.15, 0.2) is 17.5 Å². The van der Waals surface area contributed by atoms with Crippen LogP contribution >= 0.6 is 0 Å². The fourth-order valence-corrected chi connectivity index (χ4v) is 0.913. The molecule has 0 aliphatic rings. The molecular weight excluding hydrogens is 202 g/mol. The van der Waals surface area contributed by atoms with Crippen LogP contribution in [0.2, 0.25) is 0 Å². The largest absolute Gasteiger partial charge is 0.476 e. The molecule has 0 aromatic carbocycles. The first-order chi connectivity index (χ1) is 7.20. The molecule has 7 nitrogen and oxygen atoms in total. The third-order valence-corrected chi connectivity index (χ3v) is 1.54. The highest BCUT2D eigenvalue weighted by Crippen LogP contribution is 2.17. The molecule has 2 rings (SSSR count). The van der Waals surface area contributed by atoms with E-state index in [1.807, 2.05) is 0 Å². The Hall–Kier alpha value is -2.62. The predicted octanol–water partition coefficient (Wildman–Crippen LogP) is 0.899. The van der Waals surface area contributed by atoms with E-state index < -0.39 is 5.97 Å². The van der Waals surface area contributed by atoms with Crippen molar-refractivity contribution in [3.63, 3.8) is 0 Å². The first kappa shape index (κ1) is 8.96. The lowest BCUT2D eigenvalue weighted by Gasteiger charge is -1.82. The van der Waals surface area contributed by atoms with Crippen LogP contribution in [0.1, 0.15) is 16.4 Å². The van der Waals surface area contributed by atoms with Crippen LogP contribution in [0.3, 0.4) is 0 Å². The van der Waals surface area contributed by atoms with Crippen molar-refractivity contribution in [3.8, 4) is 17.7 Å². The summed E-state index contributed by atoms with van der Waals surface area (Å²) < 4.78 is 9.56. The van der Waals surface area contributed by atoms with Crippen molar-refractivity contribution in [2.24, 2.45) is 0 Å². The van der Waals surface area contributed by atoms with Crippen LogP contribution in [0, 0.1) is 11.3 Å². The highest BCUT2D eigenvalue weighted by molar-refractivity contribution is 5.85. The highest BCUT2D eigenvalue weighted by Gasteiger charge is 2.15. The van der Waals surface area contributed by atoms with E-state index in [1.165, 1.54) is 0 Å². The summed E-state index contributed by atoms with van der Waals surface area (Å²) in [6, 6.07) is 1.68. The van der Waals surface area contributed by atoms with Crippen molar-refractivity contribution >= 4 is 5.97 Å². The summed E-state index contributed by atoms with van der Waals surface area (Å²) in [5.74, 6) is -1.34. The number of hydrogen-bond acceptors (Lipinski definition) is 6. The van der Waals surface area contributed by atoms with E-state index in [0.29, 0.717) is 0 Å². The summed E-state index contributed by atoms with van der Waals surface area (Å²) in [6.45, 7) is 0. The van der Waals surface area contributed by atoms with Gasteiger partial charge in [0.05, 0.1) is 0 Å². The van der Waals surface area contributed by atoms with Gasteiger partial charge >= 0.3 is 11.9 Å². The molecule has 2 aromatic heterocycles. The first-order valence-electron chi connectivity index (χ1n) is 3.75. The van der Waals surface area contributed by atoms with E-state index in [2.05, 4.69) is 9.97 Å². The van der Waals surface area contributed by atoms with Crippen molar-refractivity contribution in [1.29, 1.82) is 5.26 Å². The van der Waals surface area contributed by atoms with Gasteiger partial charge in [-0.1, -0.05) is 0 Å². The number of hydrogen-bond donors (Lipinski definition) is 1. The van der Waals surface area contributed by atoms with Crippen molar-refractivity contribution in [2.45, 2.75) is 0 Å². The predicted molar refractivity (Wildman–Crippen MR) is 43.7 cm³/mol. The molecule has 0 fully saturated rings. The number of aromatic nitrogens is 2. The molecule has 2 aromatic rings. The van der Waals surface area contributed by atoms with Crippen LogP contribution in [-0.4, -0.2) is 21.0 Å². The molecule has 0 atom stereocenters. The number of aromatic carboxylic acids is 1. The Morgan fingerprint density at radius 2 is 2.20 bits per heavy atom. The van der Waals surface area contributed by atoms with Crippen molar-refractivity contribution in [3.05, 3.63) is 24.1 Å². The Morgan fingerprint density at radius 3 is 2.73 bits per heavy atom. The SMILES string of the molecule is N#Cc1nc(-c2nc(C(=O)O)co2)co1. The second-order valence-corrected chi connectivity index (χ2v) is 2.49. The van der Waals surface area contributed by atoms with Gasteiger partial charge < -0.3 is 13.9 Å². The molecule has 1 N–H and O–H groups in total. The summed E-state index contributed by atoms with van der Waals surface area (Å²) >= 11 is 0. The second kappa shape index (κ2) is 3.26. The van der Waals surface area contributed by atoms with E-state index in [4.69, 9.17) is 19.2 Å². The molecule has 0 amide bonds. The zero-order valence-corrected chi connectivity index (χ0v) is 7.17. The quantitative estimate of drug-likeness (QED) is 0.774. The van der Waals surface area contributed by atoms with Gasteiger partial charge in [-0.05, 0) is 0 Å². The third kappa shape index (κ3) is 1.55. The number of nitriles is 1. The maximum Gasteiger partial charge on any atom is 0.357 e. The maximum atomic E-state index is 10.5. The molecule has 0 unspecified atom stereocenters. The van der Waals surface area contributed by atoms with Crippen molar-refractivity contribution in [2.75, 3.05) is 0 Å². The van der Waals surface area contributed by atoms with Crippen LogP contribution in [0.25, 0.3) is 11.6 Å². The Labute approximate surface area is 82.6 Å². The number of carboxylic acids is 1. The number of rotatable bonds is 2. The minimum Gasteiger partial charge on any atom is -0.476 e. The number of oxazole rings is 2. The first-order valence-corrected chi connectivity index (χ1v) is 3.75. The fourth-order valence-electron chi connectivity index (χ4n) is 0.913. The van der Waals surface area contributed by atoms with E-state index in [0.717, 1.165) is 12.5 Å². The summed E-state index contributed by atoms with van der Waals surface area (Å²) in [6.07, 6.45) is 2.15. The summed E-state index contributed by atoms with van der Waals surface area (Å²) in [7, 11) is 0. The molecule has 15 heavy (non-hydrogen) atoms. The monoisotopic (exact) mass is 205 g/mol. The summed E-state index contributed by atoms with van der Waals surface area (Å²) in [5, 5.41) is 17.0. The average molecular weight is 205 g/mol. The van der Waals surface area contributed by atoms with Gasteiger partial charge in [-0.3, -0.25) is 0 Å².